The van der Waals surface area contributed by atoms with Gasteiger partial charge in [-0.1, -0.05) is 18.2 Å². The minimum absolute atomic E-state index is 0.107. The molecule has 0 atom stereocenters. The van der Waals surface area contributed by atoms with Crippen LogP contribution in [0.4, 0.5) is 5.69 Å². The summed E-state index contributed by atoms with van der Waals surface area (Å²) in [6.45, 7) is 2.53. The third-order valence-corrected chi connectivity index (χ3v) is 5.42. The number of ether oxygens (including phenoxy) is 2. The van der Waals surface area contributed by atoms with E-state index in [1.54, 1.807) is 38.6 Å². The Hall–Kier alpha value is -4.79. The lowest BCUT2D eigenvalue weighted by Gasteiger charge is -2.11. The number of amides is 2. The van der Waals surface area contributed by atoms with E-state index in [9.17, 15) is 9.59 Å². The first kappa shape index (κ1) is 25.3. The molecule has 9 heteroatoms. The smallest absolute Gasteiger partial charge is 0.274 e. The molecule has 4 rings (SSSR count). The van der Waals surface area contributed by atoms with Crippen LogP contribution in [0.1, 0.15) is 32.9 Å². The SMILES string of the molecule is COc1ccc(/C=C/C(=O)Nc2cn(C)nc2C(=O)NCc2ccco2)cc1COc1cccc(C)c1. The monoisotopic (exact) mass is 500 g/mol. The molecular weight excluding hydrogens is 472 g/mol. The van der Waals surface area contributed by atoms with Crippen molar-refractivity contribution in [1.29, 1.82) is 0 Å². The highest BCUT2D eigenvalue weighted by atomic mass is 16.5. The maximum absolute atomic E-state index is 12.6. The molecule has 2 N–H and O–H groups in total. The second-order valence-electron chi connectivity index (χ2n) is 8.33. The van der Waals surface area contributed by atoms with Gasteiger partial charge < -0.3 is 24.5 Å². The average molecular weight is 501 g/mol. The van der Waals surface area contributed by atoms with E-state index in [0.717, 1.165) is 22.4 Å². The summed E-state index contributed by atoms with van der Waals surface area (Å²) in [4.78, 5) is 25.2. The molecule has 0 unspecified atom stereocenters. The fourth-order valence-electron chi connectivity index (χ4n) is 3.64. The van der Waals surface area contributed by atoms with Gasteiger partial charge in [0.15, 0.2) is 5.69 Å². The van der Waals surface area contributed by atoms with Gasteiger partial charge in [0.2, 0.25) is 5.91 Å². The molecule has 0 aliphatic heterocycles. The standard InChI is InChI=1S/C28H28N4O5/c1-19-6-4-7-22(14-19)37-18-21-15-20(9-11-25(21)35-3)10-12-26(33)30-24-17-32(2)31-27(24)28(34)29-16-23-8-5-13-36-23/h4-15,17H,16,18H2,1-3H3,(H,29,34)(H,30,33)/b12-10+. The van der Waals surface area contributed by atoms with Crippen LogP contribution in [0.2, 0.25) is 0 Å². The van der Waals surface area contributed by atoms with Gasteiger partial charge in [-0.25, -0.2) is 0 Å². The minimum atomic E-state index is -0.426. The van der Waals surface area contributed by atoms with E-state index < -0.39 is 11.8 Å². The largest absolute Gasteiger partial charge is 0.496 e. The summed E-state index contributed by atoms with van der Waals surface area (Å²) in [5.74, 6) is 1.24. The number of hydrogen-bond acceptors (Lipinski definition) is 6. The van der Waals surface area contributed by atoms with Gasteiger partial charge in [0.1, 0.15) is 23.9 Å². The Labute approximate surface area is 214 Å². The third-order valence-electron chi connectivity index (χ3n) is 5.42. The van der Waals surface area contributed by atoms with Gasteiger partial charge in [-0.3, -0.25) is 14.3 Å². The minimum Gasteiger partial charge on any atom is -0.496 e. The van der Waals surface area contributed by atoms with Gasteiger partial charge in [0.05, 0.1) is 25.6 Å². The van der Waals surface area contributed by atoms with Crippen LogP contribution in [0, 0.1) is 6.92 Å². The lowest BCUT2D eigenvalue weighted by atomic mass is 10.1. The number of methoxy groups -OCH3 is 1. The highest BCUT2D eigenvalue weighted by Crippen LogP contribution is 2.23. The number of hydrogen-bond donors (Lipinski definition) is 2. The lowest BCUT2D eigenvalue weighted by molar-refractivity contribution is -0.111. The van der Waals surface area contributed by atoms with Gasteiger partial charge in [-0.05, 0) is 60.5 Å². The summed E-state index contributed by atoms with van der Waals surface area (Å²) in [6.07, 6.45) is 6.17. The molecule has 2 heterocycles. The third kappa shape index (κ3) is 6.88. The topological polar surface area (TPSA) is 108 Å². The average Bonchev–Trinajstić information content (AvgIpc) is 3.54. The van der Waals surface area contributed by atoms with E-state index >= 15 is 0 Å². The van der Waals surface area contributed by atoms with Crippen molar-refractivity contribution >= 4 is 23.6 Å². The maximum atomic E-state index is 12.6. The fraction of sp³-hybridized carbons (Fsp3) is 0.179. The number of aromatic nitrogens is 2. The molecule has 0 saturated carbocycles. The first-order valence-electron chi connectivity index (χ1n) is 11.6. The molecular formula is C28H28N4O5. The number of nitrogens with zero attached hydrogens (tertiary/aromatic N) is 2. The molecule has 190 valence electrons. The number of anilines is 1. The Morgan fingerprint density at radius 1 is 1.14 bits per heavy atom. The van der Waals surface area contributed by atoms with Crippen molar-refractivity contribution in [3.05, 3.63) is 101 Å². The zero-order chi connectivity index (χ0) is 26.2. The maximum Gasteiger partial charge on any atom is 0.274 e. The number of benzene rings is 2. The molecule has 2 amide bonds. The number of furan rings is 1. The van der Waals surface area contributed by atoms with Crippen LogP contribution in [0.5, 0.6) is 11.5 Å². The molecule has 2 aromatic heterocycles. The van der Waals surface area contributed by atoms with Gasteiger partial charge in [-0.2, -0.15) is 5.10 Å². The number of nitrogens with one attached hydrogen (secondary N) is 2. The predicted molar refractivity (Wildman–Crippen MR) is 139 cm³/mol. The van der Waals surface area contributed by atoms with Crippen molar-refractivity contribution in [1.82, 2.24) is 15.1 Å². The molecule has 9 nitrogen and oxygen atoms in total. The van der Waals surface area contributed by atoms with Crippen molar-refractivity contribution < 1.29 is 23.5 Å². The van der Waals surface area contributed by atoms with Gasteiger partial charge in [-0.15, -0.1) is 0 Å². The van der Waals surface area contributed by atoms with Crippen molar-refractivity contribution in [2.45, 2.75) is 20.1 Å². The van der Waals surface area contributed by atoms with Crippen LogP contribution in [-0.4, -0.2) is 28.7 Å². The zero-order valence-corrected chi connectivity index (χ0v) is 20.9. The van der Waals surface area contributed by atoms with E-state index in [4.69, 9.17) is 13.9 Å². The number of carbonyl (C=O) groups excluding carboxylic acids is 2. The van der Waals surface area contributed by atoms with Crippen molar-refractivity contribution in [2.24, 2.45) is 7.05 Å². The number of carbonyl (C=O) groups is 2. The van der Waals surface area contributed by atoms with Crippen LogP contribution < -0.4 is 20.1 Å². The van der Waals surface area contributed by atoms with E-state index in [-0.39, 0.29) is 12.2 Å². The molecule has 0 saturated heterocycles. The van der Waals surface area contributed by atoms with Crippen LogP contribution in [0.15, 0.2) is 77.6 Å². The molecule has 0 aliphatic rings. The summed E-state index contributed by atoms with van der Waals surface area (Å²) in [5, 5.41) is 9.62. The Morgan fingerprint density at radius 3 is 2.76 bits per heavy atom. The number of rotatable bonds is 10. The Morgan fingerprint density at radius 2 is 2.00 bits per heavy atom. The van der Waals surface area contributed by atoms with Crippen LogP contribution >= 0.6 is 0 Å². The molecule has 0 bridgehead atoms. The molecule has 0 fully saturated rings. The van der Waals surface area contributed by atoms with E-state index in [1.807, 2.05) is 49.4 Å². The fourth-order valence-corrected chi connectivity index (χ4v) is 3.64. The Kier molecular flexibility index (Phi) is 8.05. The Balaban J connectivity index is 1.40. The summed E-state index contributed by atoms with van der Waals surface area (Å²) < 4.78 is 18.1. The first-order valence-corrected chi connectivity index (χ1v) is 11.6. The highest BCUT2D eigenvalue weighted by Gasteiger charge is 2.17. The summed E-state index contributed by atoms with van der Waals surface area (Å²) >= 11 is 0. The molecule has 0 radical (unpaired) electrons. The number of aryl methyl sites for hydroxylation is 2. The Bertz CT molecular complexity index is 1410. The van der Waals surface area contributed by atoms with Gasteiger partial charge >= 0.3 is 0 Å². The van der Waals surface area contributed by atoms with Crippen LogP contribution in [0.3, 0.4) is 0 Å². The van der Waals surface area contributed by atoms with E-state index in [0.29, 0.717) is 23.8 Å². The van der Waals surface area contributed by atoms with Crippen LogP contribution in [-0.2, 0) is 25.0 Å². The molecule has 0 spiro atoms. The second-order valence-corrected chi connectivity index (χ2v) is 8.33. The highest BCUT2D eigenvalue weighted by molar-refractivity contribution is 6.06. The van der Waals surface area contributed by atoms with Crippen molar-refractivity contribution in [3.63, 3.8) is 0 Å². The van der Waals surface area contributed by atoms with Gasteiger partial charge in [0.25, 0.3) is 5.91 Å². The molecule has 0 aliphatic carbocycles. The van der Waals surface area contributed by atoms with E-state index in [1.165, 1.54) is 17.0 Å². The first-order chi connectivity index (χ1) is 17.9. The molecule has 37 heavy (non-hydrogen) atoms. The van der Waals surface area contributed by atoms with Crippen molar-refractivity contribution in [3.8, 4) is 11.5 Å². The summed E-state index contributed by atoms with van der Waals surface area (Å²) in [6, 6.07) is 16.9. The normalized spacial score (nSPS) is 10.9. The lowest BCUT2D eigenvalue weighted by Crippen LogP contribution is -2.24. The molecule has 4 aromatic rings. The summed E-state index contributed by atoms with van der Waals surface area (Å²) in [5.41, 5.74) is 3.15. The van der Waals surface area contributed by atoms with E-state index in [2.05, 4.69) is 15.7 Å². The second kappa shape index (κ2) is 11.8. The quantitative estimate of drug-likeness (QED) is 0.311. The summed E-state index contributed by atoms with van der Waals surface area (Å²) in [7, 11) is 3.28. The zero-order valence-electron chi connectivity index (χ0n) is 20.9. The predicted octanol–water partition coefficient (Wildman–Crippen LogP) is 4.49. The van der Waals surface area contributed by atoms with Crippen molar-refractivity contribution in [2.75, 3.05) is 12.4 Å². The molecule has 2 aromatic carbocycles. The van der Waals surface area contributed by atoms with Crippen LogP contribution in [0.25, 0.3) is 6.08 Å². The van der Waals surface area contributed by atoms with Gasteiger partial charge in [0, 0.05) is 24.9 Å².